The first kappa shape index (κ1) is 14.3. The van der Waals surface area contributed by atoms with Gasteiger partial charge in [-0.25, -0.2) is 0 Å². The molecule has 1 aliphatic heterocycles. The van der Waals surface area contributed by atoms with Gasteiger partial charge < -0.3 is 10.1 Å². The van der Waals surface area contributed by atoms with Crippen molar-refractivity contribution in [3.05, 3.63) is 58.7 Å². The Morgan fingerprint density at radius 1 is 1.19 bits per heavy atom. The lowest BCUT2D eigenvalue weighted by Crippen LogP contribution is -2.48. The van der Waals surface area contributed by atoms with Crippen LogP contribution in [0.5, 0.6) is 0 Å². The molecular weight excluding hydrogens is 282 g/mol. The van der Waals surface area contributed by atoms with Crippen LogP contribution >= 0.6 is 12.4 Å². The van der Waals surface area contributed by atoms with E-state index in [4.69, 9.17) is 4.74 Å². The lowest BCUT2D eigenvalue weighted by atomic mass is 9.70. The van der Waals surface area contributed by atoms with Crippen molar-refractivity contribution < 1.29 is 4.74 Å². The van der Waals surface area contributed by atoms with Gasteiger partial charge in [-0.15, -0.1) is 12.4 Å². The number of hydrogen-bond donors (Lipinski definition) is 1. The largest absolute Gasteiger partial charge is 0.497 e. The SMILES string of the molecule is COC1=CC2C3=c4ccccc4=CNC3CCC2C=C1.Cl. The summed E-state index contributed by atoms with van der Waals surface area (Å²) in [5, 5.41) is 6.30. The first-order valence-corrected chi connectivity index (χ1v) is 7.36. The number of halogens is 1. The zero-order chi connectivity index (χ0) is 13.5. The maximum Gasteiger partial charge on any atom is 0.115 e. The summed E-state index contributed by atoms with van der Waals surface area (Å²) in [5.74, 6) is 2.08. The molecule has 1 saturated carbocycles. The van der Waals surface area contributed by atoms with Gasteiger partial charge in [0.25, 0.3) is 0 Å². The van der Waals surface area contributed by atoms with E-state index in [0.29, 0.717) is 17.9 Å². The van der Waals surface area contributed by atoms with Gasteiger partial charge in [0.1, 0.15) is 5.76 Å². The molecule has 3 unspecified atom stereocenters. The molecule has 0 amide bonds. The lowest BCUT2D eigenvalue weighted by Gasteiger charge is -2.39. The van der Waals surface area contributed by atoms with Crippen molar-refractivity contribution in [1.82, 2.24) is 5.32 Å². The number of benzene rings is 1. The molecule has 110 valence electrons. The van der Waals surface area contributed by atoms with Crippen LogP contribution in [0.25, 0.3) is 11.8 Å². The van der Waals surface area contributed by atoms with Gasteiger partial charge in [-0.2, -0.15) is 0 Å². The highest BCUT2D eigenvalue weighted by Crippen LogP contribution is 2.40. The summed E-state index contributed by atoms with van der Waals surface area (Å²) in [6, 6.07) is 9.18. The molecule has 3 atom stereocenters. The molecule has 1 aromatic rings. The van der Waals surface area contributed by atoms with Crippen molar-refractivity contribution in [1.29, 1.82) is 0 Å². The van der Waals surface area contributed by atoms with Crippen molar-refractivity contribution in [2.75, 3.05) is 7.11 Å². The van der Waals surface area contributed by atoms with Gasteiger partial charge in [0.2, 0.25) is 0 Å². The Balaban J connectivity index is 0.00000132. The van der Waals surface area contributed by atoms with E-state index in [-0.39, 0.29) is 12.4 Å². The van der Waals surface area contributed by atoms with Crippen LogP contribution in [0.3, 0.4) is 0 Å². The second kappa shape index (κ2) is 5.61. The smallest absolute Gasteiger partial charge is 0.115 e. The van der Waals surface area contributed by atoms with Crippen LogP contribution in [0.1, 0.15) is 12.8 Å². The van der Waals surface area contributed by atoms with Crippen LogP contribution in [0.4, 0.5) is 0 Å². The van der Waals surface area contributed by atoms with E-state index < -0.39 is 0 Å². The highest BCUT2D eigenvalue weighted by molar-refractivity contribution is 5.85. The summed E-state index contributed by atoms with van der Waals surface area (Å²) in [6.45, 7) is 0. The summed E-state index contributed by atoms with van der Waals surface area (Å²) in [4.78, 5) is 0. The molecule has 0 radical (unpaired) electrons. The maximum absolute atomic E-state index is 5.44. The molecule has 3 heteroatoms. The Kier molecular flexibility index (Phi) is 3.81. The zero-order valence-corrected chi connectivity index (χ0v) is 12.9. The van der Waals surface area contributed by atoms with Crippen LogP contribution < -0.4 is 15.8 Å². The average Bonchev–Trinajstić information content (AvgIpc) is 2.53. The highest BCUT2D eigenvalue weighted by Gasteiger charge is 2.35. The van der Waals surface area contributed by atoms with Crippen LogP contribution in [-0.2, 0) is 4.74 Å². The normalized spacial score (nSPS) is 28.7. The number of allylic oxidation sites excluding steroid dienone is 3. The van der Waals surface area contributed by atoms with Crippen LogP contribution in [0.2, 0.25) is 0 Å². The van der Waals surface area contributed by atoms with Crippen molar-refractivity contribution in [2.24, 2.45) is 11.8 Å². The third kappa shape index (κ3) is 2.28. The minimum Gasteiger partial charge on any atom is -0.497 e. The Hall–Kier alpha value is -1.67. The summed E-state index contributed by atoms with van der Waals surface area (Å²) < 4.78 is 5.44. The van der Waals surface area contributed by atoms with E-state index >= 15 is 0 Å². The average molecular weight is 302 g/mol. The van der Waals surface area contributed by atoms with Gasteiger partial charge in [-0.3, -0.25) is 0 Å². The third-order valence-electron chi connectivity index (χ3n) is 4.78. The van der Waals surface area contributed by atoms with Crippen molar-refractivity contribution in [2.45, 2.75) is 18.9 Å². The fraction of sp³-hybridized carbons (Fsp3) is 0.333. The predicted octanol–water partition coefficient (Wildman–Crippen LogP) is 2.10. The summed E-state index contributed by atoms with van der Waals surface area (Å²) in [5.41, 5.74) is 1.54. The minimum absolute atomic E-state index is 0. The Morgan fingerprint density at radius 2 is 2.05 bits per heavy atom. The second-order valence-corrected chi connectivity index (χ2v) is 5.81. The fourth-order valence-corrected chi connectivity index (χ4v) is 3.79. The van der Waals surface area contributed by atoms with Crippen molar-refractivity contribution in [3.8, 4) is 0 Å². The Morgan fingerprint density at radius 3 is 2.90 bits per heavy atom. The van der Waals surface area contributed by atoms with Crippen LogP contribution in [-0.4, -0.2) is 13.2 Å². The van der Waals surface area contributed by atoms with E-state index in [2.05, 4.69) is 54.0 Å². The number of fused-ring (bicyclic) bond motifs is 4. The molecule has 0 saturated heterocycles. The number of rotatable bonds is 1. The number of ether oxygens (including phenoxy) is 1. The number of nitrogens with one attached hydrogen (secondary N) is 1. The molecular formula is C18H20ClNO. The maximum atomic E-state index is 5.44. The van der Waals surface area contributed by atoms with Gasteiger partial charge in [-0.05, 0) is 46.9 Å². The quantitative estimate of drug-likeness (QED) is 0.858. The number of hydrogen-bond acceptors (Lipinski definition) is 2. The molecule has 1 heterocycles. The van der Waals surface area contributed by atoms with E-state index in [1.54, 1.807) is 12.7 Å². The van der Waals surface area contributed by atoms with Gasteiger partial charge in [0.05, 0.1) is 7.11 Å². The summed E-state index contributed by atoms with van der Waals surface area (Å²) in [6.07, 6.45) is 11.4. The molecule has 2 nitrogen and oxygen atoms in total. The monoisotopic (exact) mass is 301 g/mol. The van der Waals surface area contributed by atoms with Gasteiger partial charge in [-0.1, -0.05) is 30.3 Å². The Labute approximate surface area is 131 Å². The molecule has 1 fully saturated rings. The lowest BCUT2D eigenvalue weighted by molar-refractivity contribution is 0.292. The van der Waals surface area contributed by atoms with Crippen molar-refractivity contribution >= 4 is 24.2 Å². The Bertz CT molecular complexity index is 719. The third-order valence-corrected chi connectivity index (χ3v) is 4.78. The van der Waals surface area contributed by atoms with Crippen LogP contribution in [0, 0.1) is 11.8 Å². The molecule has 3 aliphatic rings. The molecule has 2 aliphatic carbocycles. The molecule has 1 N–H and O–H groups in total. The summed E-state index contributed by atoms with van der Waals surface area (Å²) in [7, 11) is 1.75. The fourth-order valence-electron chi connectivity index (χ4n) is 3.79. The van der Waals surface area contributed by atoms with Gasteiger partial charge >= 0.3 is 0 Å². The summed E-state index contributed by atoms with van der Waals surface area (Å²) >= 11 is 0. The topological polar surface area (TPSA) is 21.3 Å². The first-order valence-electron chi connectivity index (χ1n) is 7.36. The van der Waals surface area contributed by atoms with E-state index in [1.165, 1.54) is 23.3 Å². The van der Waals surface area contributed by atoms with E-state index in [1.807, 2.05) is 0 Å². The molecule has 1 aromatic carbocycles. The van der Waals surface area contributed by atoms with E-state index in [9.17, 15) is 0 Å². The van der Waals surface area contributed by atoms with Crippen LogP contribution in [0.15, 0.2) is 48.3 Å². The minimum atomic E-state index is 0. The van der Waals surface area contributed by atoms with Gasteiger partial charge in [0, 0.05) is 18.2 Å². The second-order valence-electron chi connectivity index (χ2n) is 5.81. The standard InChI is InChI=1S/C18H19NO.ClH/c1-20-14-8-6-12-7-9-17-18(16(12)10-14)15-5-3-2-4-13(15)11-19-17;/h2-6,8,10-12,16-17,19H,7,9H2,1H3;1H. The van der Waals surface area contributed by atoms with Gasteiger partial charge in [0.15, 0.2) is 0 Å². The molecule has 21 heavy (non-hydrogen) atoms. The number of methoxy groups -OCH3 is 1. The molecule has 0 bridgehead atoms. The first-order chi connectivity index (χ1) is 9.86. The highest BCUT2D eigenvalue weighted by atomic mass is 35.5. The van der Waals surface area contributed by atoms with E-state index in [0.717, 1.165) is 5.76 Å². The van der Waals surface area contributed by atoms with Crippen molar-refractivity contribution in [3.63, 3.8) is 0 Å². The predicted molar refractivity (Wildman–Crippen MR) is 88.2 cm³/mol. The molecule has 0 spiro atoms. The zero-order valence-electron chi connectivity index (χ0n) is 12.1. The molecule has 0 aromatic heterocycles. The molecule has 4 rings (SSSR count).